The van der Waals surface area contributed by atoms with Gasteiger partial charge in [0.25, 0.3) is 0 Å². The Kier molecular flexibility index (Phi) is 4.25. The fourth-order valence-corrected chi connectivity index (χ4v) is 3.88. The number of thioether (sulfide) groups is 1. The first kappa shape index (κ1) is 14.8. The van der Waals surface area contributed by atoms with Crippen molar-refractivity contribution in [3.8, 4) is 0 Å². The molecule has 0 amide bonds. The summed E-state index contributed by atoms with van der Waals surface area (Å²) in [7, 11) is -3.49. The second-order valence-electron chi connectivity index (χ2n) is 4.96. The monoisotopic (exact) mass is 301 g/mol. The minimum Gasteiger partial charge on any atom is -0.392 e. The number of hydrogen-bond donors (Lipinski definition) is 2. The molecule has 4 nitrogen and oxygen atoms in total. The zero-order chi connectivity index (χ0) is 14.1. The Bertz CT molecular complexity index is 565. The van der Waals surface area contributed by atoms with Crippen molar-refractivity contribution >= 4 is 21.8 Å². The van der Waals surface area contributed by atoms with E-state index in [2.05, 4.69) is 4.72 Å². The van der Waals surface area contributed by atoms with Crippen molar-refractivity contribution in [1.82, 2.24) is 4.72 Å². The summed E-state index contributed by atoms with van der Waals surface area (Å²) in [6.45, 7) is 2.17. The van der Waals surface area contributed by atoms with Crippen LogP contribution < -0.4 is 4.72 Å². The van der Waals surface area contributed by atoms with E-state index in [1.165, 1.54) is 6.07 Å². The topological polar surface area (TPSA) is 66.4 Å². The number of aliphatic hydroxyl groups excluding tert-OH is 1. The summed E-state index contributed by atoms with van der Waals surface area (Å²) in [5.74, 6) is 0. The lowest BCUT2D eigenvalue weighted by atomic mass is 10.1. The highest BCUT2D eigenvalue weighted by Gasteiger charge is 2.42. The zero-order valence-corrected chi connectivity index (χ0v) is 12.8. The van der Waals surface area contributed by atoms with Crippen molar-refractivity contribution < 1.29 is 13.5 Å². The van der Waals surface area contributed by atoms with E-state index in [0.717, 1.165) is 18.4 Å². The van der Waals surface area contributed by atoms with E-state index in [4.69, 9.17) is 0 Å². The number of aryl methyl sites for hydroxylation is 1. The van der Waals surface area contributed by atoms with Gasteiger partial charge in [0.1, 0.15) is 0 Å². The van der Waals surface area contributed by atoms with Gasteiger partial charge in [-0.1, -0.05) is 6.07 Å². The van der Waals surface area contributed by atoms with Crippen LogP contribution >= 0.6 is 11.8 Å². The molecule has 1 aliphatic rings. The predicted octanol–water partition coefficient (Wildman–Crippen LogP) is 1.66. The van der Waals surface area contributed by atoms with Gasteiger partial charge in [-0.2, -0.15) is 11.8 Å². The van der Waals surface area contributed by atoms with E-state index in [1.54, 1.807) is 23.9 Å². The Morgan fingerprint density at radius 1 is 1.42 bits per heavy atom. The highest BCUT2D eigenvalue weighted by molar-refractivity contribution is 8.00. The smallest absolute Gasteiger partial charge is 0.240 e. The maximum Gasteiger partial charge on any atom is 0.240 e. The Balaban J connectivity index is 2.15. The normalized spacial score (nSPS) is 17.4. The van der Waals surface area contributed by atoms with Gasteiger partial charge in [0, 0.05) is 11.3 Å². The summed E-state index contributed by atoms with van der Waals surface area (Å²) < 4.78 is 27.2. The van der Waals surface area contributed by atoms with Crippen LogP contribution in [0.5, 0.6) is 0 Å². The molecule has 6 heteroatoms. The van der Waals surface area contributed by atoms with Crippen LogP contribution in [0.3, 0.4) is 0 Å². The lowest BCUT2D eigenvalue weighted by Crippen LogP contribution is -2.31. The molecule has 0 spiro atoms. The first-order chi connectivity index (χ1) is 8.92. The Labute approximate surface area is 118 Å². The first-order valence-electron chi connectivity index (χ1n) is 6.18. The molecule has 0 bridgehead atoms. The number of aliphatic hydroxyl groups is 1. The quantitative estimate of drug-likeness (QED) is 0.838. The van der Waals surface area contributed by atoms with Crippen LogP contribution in [0.25, 0.3) is 0 Å². The second-order valence-corrected chi connectivity index (χ2v) is 8.00. The van der Waals surface area contributed by atoms with Crippen LogP contribution in [-0.4, -0.2) is 31.1 Å². The summed E-state index contributed by atoms with van der Waals surface area (Å²) in [6, 6.07) is 4.84. The predicted molar refractivity (Wildman–Crippen MR) is 77.8 cm³/mol. The second kappa shape index (κ2) is 5.44. The van der Waals surface area contributed by atoms with E-state index in [0.29, 0.717) is 12.1 Å². The maximum atomic E-state index is 12.2. The van der Waals surface area contributed by atoms with Gasteiger partial charge in [-0.3, -0.25) is 0 Å². The molecule has 0 aromatic heterocycles. The van der Waals surface area contributed by atoms with Gasteiger partial charge in [0.05, 0.1) is 11.5 Å². The molecule has 0 aliphatic heterocycles. The van der Waals surface area contributed by atoms with Crippen LogP contribution in [0.2, 0.25) is 0 Å². The number of sulfonamides is 1. The third-order valence-corrected chi connectivity index (χ3v) is 6.44. The van der Waals surface area contributed by atoms with Crippen LogP contribution in [-0.2, 0) is 16.6 Å². The van der Waals surface area contributed by atoms with Crippen molar-refractivity contribution in [2.45, 2.75) is 36.0 Å². The lowest BCUT2D eigenvalue weighted by molar-refractivity contribution is 0.280. The molecule has 1 saturated carbocycles. The summed E-state index contributed by atoms with van der Waals surface area (Å²) in [5.41, 5.74) is 1.54. The van der Waals surface area contributed by atoms with Crippen LogP contribution in [0.1, 0.15) is 24.0 Å². The van der Waals surface area contributed by atoms with Gasteiger partial charge in [0.2, 0.25) is 10.0 Å². The number of hydrogen-bond acceptors (Lipinski definition) is 4. The van der Waals surface area contributed by atoms with Gasteiger partial charge in [-0.05, 0) is 49.3 Å². The van der Waals surface area contributed by atoms with Gasteiger partial charge in [-0.15, -0.1) is 0 Å². The van der Waals surface area contributed by atoms with Crippen LogP contribution in [0, 0.1) is 6.92 Å². The molecule has 0 heterocycles. The molecule has 19 heavy (non-hydrogen) atoms. The molecule has 0 radical (unpaired) electrons. The van der Waals surface area contributed by atoms with Crippen LogP contribution in [0.4, 0.5) is 0 Å². The van der Waals surface area contributed by atoms with Crippen molar-refractivity contribution in [1.29, 1.82) is 0 Å². The standard InChI is InChI=1S/C13H19NO3S2/c1-10-3-4-12(7-11(10)8-15)19(16,17)14-9-13(18-2)5-6-13/h3-4,7,14-15H,5-6,8-9H2,1-2H3. The van der Waals surface area contributed by atoms with Gasteiger partial charge < -0.3 is 5.11 Å². The molecule has 1 aromatic carbocycles. The highest BCUT2D eigenvalue weighted by Crippen LogP contribution is 2.46. The molecular formula is C13H19NO3S2. The zero-order valence-electron chi connectivity index (χ0n) is 11.1. The van der Waals surface area contributed by atoms with Gasteiger partial charge >= 0.3 is 0 Å². The molecule has 1 aromatic rings. The molecule has 2 rings (SSSR count). The summed E-state index contributed by atoms with van der Waals surface area (Å²) >= 11 is 1.72. The minimum absolute atomic E-state index is 0.0948. The van der Waals surface area contributed by atoms with E-state index in [1.807, 2.05) is 13.2 Å². The molecule has 1 aliphatic carbocycles. The van der Waals surface area contributed by atoms with Crippen LogP contribution in [0.15, 0.2) is 23.1 Å². The van der Waals surface area contributed by atoms with Gasteiger partial charge in [0.15, 0.2) is 0 Å². The summed E-state index contributed by atoms with van der Waals surface area (Å²) in [6.07, 6.45) is 4.13. The third-order valence-electron chi connectivity index (χ3n) is 3.63. The SMILES string of the molecule is CSC1(CNS(=O)(=O)c2ccc(C)c(CO)c2)CC1. The summed E-state index contributed by atoms with van der Waals surface area (Å²) in [5, 5.41) is 9.20. The van der Waals surface area contributed by atoms with Crippen molar-refractivity contribution in [2.24, 2.45) is 0 Å². The van der Waals surface area contributed by atoms with Crippen molar-refractivity contribution in [3.05, 3.63) is 29.3 Å². The maximum absolute atomic E-state index is 12.2. The van der Waals surface area contributed by atoms with E-state index >= 15 is 0 Å². The number of nitrogens with one attached hydrogen (secondary N) is 1. The fourth-order valence-electron chi connectivity index (χ4n) is 1.89. The molecule has 0 saturated heterocycles. The lowest BCUT2D eigenvalue weighted by Gasteiger charge is -2.14. The Morgan fingerprint density at radius 2 is 2.11 bits per heavy atom. The van der Waals surface area contributed by atoms with Gasteiger partial charge in [-0.25, -0.2) is 13.1 Å². The van der Waals surface area contributed by atoms with Crippen molar-refractivity contribution in [3.63, 3.8) is 0 Å². The minimum atomic E-state index is -3.49. The van der Waals surface area contributed by atoms with Crippen molar-refractivity contribution in [2.75, 3.05) is 12.8 Å². The summed E-state index contributed by atoms with van der Waals surface area (Å²) in [4.78, 5) is 0.221. The number of benzene rings is 1. The molecule has 0 unspecified atom stereocenters. The molecule has 1 fully saturated rings. The molecule has 106 valence electrons. The molecular weight excluding hydrogens is 282 g/mol. The average Bonchev–Trinajstić information content (AvgIpc) is 3.17. The Hall–Kier alpha value is -0.560. The highest BCUT2D eigenvalue weighted by atomic mass is 32.2. The Morgan fingerprint density at radius 3 is 2.63 bits per heavy atom. The number of rotatable bonds is 6. The average molecular weight is 301 g/mol. The van der Waals surface area contributed by atoms with E-state index in [9.17, 15) is 13.5 Å². The molecule has 2 N–H and O–H groups in total. The fraction of sp³-hybridized carbons (Fsp3) is 0.538. The molecule has 0 atom stereocenters. The van der Waals surface area contributed by atoms with E-state index < -0.39 is 10.0 Å². The third kappa shape index (κ3) is 3.31. The largest absolute Gasteiger partial charge is 0.392 e. The van der Waals surface area contributed by atoms with E-state index in [-0.39, 0.29) is 16.2 Å². The first-order valence-corrected chi connectivity index (χ1v) is 8.88.